The van der Waals surface area contributed by atoms with E-state index in [0.717, 1.165) is 5.56 Å². The van der Waals surface area contributed by atoms with E-state index in [4.69, 9.17) is 0 Å². The molecule has 0 spiro atoms. The lowest BCUT2D eigenvalue weighted by Crippen LogP contribution is -2.23. The van der Waals surface area contributed by atoms with Gasteiger partial charge in [0.15, 0.2) is 0 Å². The van der Waals surface area contributed by atoms with Crippen LogP contribution in [0, 0.1) is 17.0 Å². The van der Waals surface area contributed by atoms with Gasteiger partial charge >= 0.3 is 0 Å². The third kappa shape index (κ3) is 4.46. The van der Waals surface area contributed by atoms with Gasteiger partial charge in [-0.3, -0.25) is 19.7 Å². The fraction of sp³-hybridized carbons (Fsp3) is 0.150. The number of aromatic nitrogens is 2. The maximum atomic E-state index is 12.6. The number of hydrogen-bond acceptors (Lipinski definition) is 5. The second kappa shape index (κ2) is 8.34. The minimum Gasteiger partial charge on any atom is -0.352 e. The first kappa shape index (κ1) is 19.7. The third-order valence-corrected chi connectivity index (χ3v) is 4.26. The Hall–Kier alpha value is -4.01. The Bertz CT molecular complexity index is 1070. The van der Waals surface area contributed by atoms with E-state index in [2.05, 4.69) is 15.7 Å². The number of amides is 2. The van der Waals surface area contributed by atoms with E-state index in [1.807, 2.05) is 13.8 Å². The van der Waals surface area contributed by atoms with Gasteiger partial charge in [-0.25, -0.2) is 4.68 Å². The average molecular weight is 393 g/mol. The minimum atomic E-state index is -0.483. The lowest BCUT2D eigenvalue weighted by atomic mass is 10.1. The van der Waals surface area contributed by atoms with Crippen LogP contribution in [0.5, 0.6) is 0 Å². The van der Waals surface area contributed by atoms with E-state index in [1.54, 1.807) is 30.3 Å². The van der Waals surface area contributed by atoms with Gasteiger partial charge in [0, 0.05) is 36.1 Å². The van der Waals surface area contributed by atoms with Crippen LogP contribution in [0.4, 0.5) is 11.4 Å². The number of nitro groups is 1. The van der Waals surface area contributed by atoms with Gasteiger partial charge in [0.1, 0.15) is 0 Å². The fourth-order valence-electron chi connectivity index (χ4n) is 2.66. The summed E-state index contributed by atoms with van der Waals surface area (Å²) in [5.74, 6) is -0.594. The first-order valence-corrected chi connectivity index (χ1v) is 8.88. The molecular weight excluding hydrogens is 374 g/mol. The highest BCUT2D eigenvalue weighted by Crippen LogP contribution is 2.19. The fourth-order valence-corrected chi connectivity index (χ4v) is 2.66. The van der Waals surface area contributed by atoms with E-state index >= 15 is 0 Å². The van der Waals surface area contributed by atoms with Gasteiger partial charge in [-0.1, -0.05) is 6.07 Å². The van der Waals surface area contributed by atoms with Crippen molar-refractivity contribution in [1.29, 1.82) is 0 Å². The van der Waals surface area contributed by atoms with Gasteiger partial charge in [-0.15, -0.1) is 0 Å². The number of nitrogens with zero attached hydrogens (tertiary/aromatic N) is 3. The molecule has 0 aliphatic rings. The Morgan fingerprint density at radius 2 is 1.83 bits per heavy atom. The van der Waals surface area contributed by atoms with Gasteiger partial charge in [-0.2, -0.15) is 5.10 Å². The molecule has 0 atom stereocenters. The van der Waals surface area contributed by atoms with Crippen LogP contribution >= 0.6 is 0 Å². The molecule has 148 valence electrons. The van der Waals surface area contributed by atoms with Crippen molar-refractivity contribution in [3.63, 3.8) is 0 Å². The molecule has 29 heavy (non-hydrogen) atoms. The number of hydrogen-bond donors (Lipinski definition) is 2. The predicted octanol–water partition coefficient (Wildman–Crippen LogP) is 3.09. The van der Waals surface area contributed by atoms with E-state index < -0.39 is 4.92 Å². The number of anilines is 1. The third-order valence-electron chi connectivity index (χ3n) is 4.26. The molecule has 2 N–H and O–H groups in total. The monoisotopic (exact) mass is 393 g/mol. The second-order valence-electron chi connectivity index (χ2n) is 6.29. The zero-order valence-corrected chi connectivity index (χ0v) is 15.9. The number of nitrogens with one attached hydrogen (secondary N) is 2. The van der Waals surface area contributed by atoms with Gasteiger partial charge in [-0.05, 0) is 43.7 Å². The smallest absolute Gasteiger partial charge is 0.269 e. The Labute approximate surface area is 166 Å². The van der Waals surface area contributed by atoms with Crippen molar-refractivity contribution >= 4 is 23.2 Å². The number of rotatable bonds is 6. The standard InChI is InChI=1S/C20H19N5O4/c1-3-21-19(26)14-5-4-13(2)18(10-14)23-20(27)15-11-22-24(12-15)16-6-8-17(9-7-16)25(28)29/h4-12H,3H2,1-2H3,(H,21,26)(H,23,27). The van der Waals surface area contributed by atoms with Crippen LogP contribution in [0.25, 0.3) is 5.69 Å². The van der Waals surface area contributed by atoms with Gasteiger partial charge in [0.05, 0.1) is 22.4 Å². The molecule has 2 amide bonds. The summed E-state index contributed by atoms with van der Waals surface area (Å²) in [5.41, 5.74) is 2.67. The lowest BCUT2D eigenvalue weighted by Gasteiger charge is -2.10. The molecule has 0 radical (unpaired) electrons. The van der Waals surface area contributed by atoms with Crippen LogP contribution in [0.1, 0.15) is 33.2 Å². The van der Waals surface area contributed by atoms with Crippen LogP contribution in [-0.2, 0) is 0 Å². The lowest BCUT2D eigenvalue weighted by molar-refractivity contribution is -0.384. The summed E-state index contributed by atoms with van der Waals surface area (Å²) in [6.07, 6.45) is 2.93. The van der Waals surface area contributed by atoms with Gasteiger partial charge in [0.25, 0.3) is 17.5 Å². The highest BCUT2D eigenvalue weighted by molar-refractivity contribution is 6.05. The number of carbonyl (C=O) groups excluding carboxylic acids is 2. The van der Waals surface area contributed by atoms with E-state index in [0.29, 0.717) is 29.0 Å². The molecule has 1 heterocycles. The summed E-state index contributed by atoms with van der Waals surface area (Å²) >= 11 is 0. The van der Waals surface area contributed by atoms with Crippen molar-refractivity contribution in [2.45, 2.75) is 13.8 Å². The molecule has 0 saturated carbocycles. The van der Waals surface area contributed by atoms with Crippen molar-refractivity contribution in [2.24, 2.45) is 0 Å². The summed E-state index contributed by atoms with van der Waals surface area (Å²) in [6, 6.07) is 10.9. The van der Waals surface area contributed by atoms with Crippen molar-refractivity contribution in [3.8, 4) is 5.69 Å². The first-order chi connectivity index (χ1) is 13.9. The highest BCUT2D eigenvalue weighted by atomic mass is 16.6. The number of nitro benzene ring substituents is 1. The van der Waals surface area contributed by atoms with Crippen molar-refractivity contribution in [3.05, 3.63) is 81.7 Å². The van der Waals surface area contributed by atoms with Gasteiger partial charge < -0.3 is 10.6 Å². The SMILES string of the molecule is CCNC(=O)c1ccc(C)c(NC(=O)c2cnn(-c3ccc([N+](=O)[O-])cc3)c2)c1. The molecule has 3 aromatic rings. The largest absolute Gasteiger partial charge is 0.352 e. The Balaban J connectivity index is 1.78. The predicted molar refractivity (Wildman–Crippen MR) is 107 cm³/mol. The van der Waals surface area contributed by atoms with Crippen LogP contribution in [0.3, 0.4) is 0 Å². The molecule has 0 unspecified atom stereocenters. The second-order valence-corrected chi connectivity index (χ2v) is 6.29. The summed E-state index contributed by atoms with van der Waals surface area (Å²) in [4.78, 5) is 34.9. The first-order valence-electron chi connectivity index (χ1n) is 8.88. The molecule has 0 fully saturated rings. The quantitative estimate of drug-likeness (QED) is 0.493. The summed E-state index contributed by atoms with van der Waals surface area (Å²) < 4.78 is 1.45. The molecule has 9 nitrogen and oxygen atoms in total. The number of benzene rings is 2. The molecule has 2 aromatic carbocycles. The van der Waals surface area contributed by atoms with Crippen LogP contribution in [-0.4, -0.2) is 33.1 Å². The van der Waals surface area contributed by atoms with Crippen LogP contribution < -0.4 is 10.6 Å². The summed E-state index contributed by atoms with van der Waals surface area (Å²) in [6.45, 7) is 4.17. The van der Waals surface area contributed by atoms with E-state index in [-0.39, 0.29) is 17.5 Å². The molecule has 3 rings (SSSR count). The maximum Gasteiger partial charge on any atom is 0.269 e. The summed E-state index contributed by atoms with van der Waals surface area (Å²) in [7, 11) is 0. The molecular formula is C20H19N5O4. The molecule has 1 aromatic heterocycles. The molecule has 9 heteroatoms. The molecule has 0 aliphatic carbocycles. The Kier molecular flexibility index (Phi) is 5.68. The molecule has 0 bridgehead atoms. The van der Waals surface area contributed by atoms with Crippen molar-refractivity contribution < 1.29 is 14.5 Å². The maximum absolute atomic E-state index is 12.6. The zero-order valence-electron chi connectivity index (χ0n) is 15.9. The van der Waals surface area contributed by atoms with E-state index in [1.165, 1.54) is 29.2 Å². The van der Waals surface area contributed by atoms with E-state index in [9.17, 15) is 19.7 Å². The number of aryl methyl sites for hydroxylation is 1. The van der Waals surface area contributed by atoms with Crippen LogP contribution in [0.2, 0.25) is 0 Å². The Morgan fingerprint density at radius 3 is 2.48 bits per heavy atom. The van der Waals surface area contributed by atoms with Crippen molar-refractivity contribution in [2.75, 3.05) is 11.9 Å². The number of non-ortho nitro benzene ring substituents is 1. The minimum absolute atomic E-state index is 0.0265. The van der Waals surface area contributed by atoms with Gasteiger partial charge in [0.2, 0.25) is 0 Å². The zero-order chi connectivity index (χ0) is 21.0. The average Bonchev–Trinajstić information content (AvgIpc) is 3.20. The van der Waals surface area contributed by atoms with Crippen molar-refractivity contribution in [1.82, 2.24) is 15.1 Å². The Morgan fingerprint density at radius 1 is 1.10 bits per heavy atom. The van der Waals surface area contributed by atoms with Crippen LogP contribution in [0.15, 0.2) is 54.9 Å². The number of carbonyl (C=O) groups is 2. The summed E-state index contributed by atoms with van der Waals surface area (Å²) in [5, 5.41) is 20.4. The molecule has 0 aliphatic heterocycles. The topological polar surface area (TPSA) is 119 Å². The molecule has 0 saturated heterocycles. The normalized spacial score (nSPS) is 10.4. The highest BCUT2D eigenvalue weighted by Gasteiger charge is 2.14.